The van der Waals surface area contributed by atoms with Gasteiger partial charge in [-0.15, -0.1) is 0 Å². The number of nitrogens with one attached hydrogen (secondary N) is 1. The van der Waals surface area contributed by atoms with Crippen molar-refractivity contribution in [3.8, 4) is 0 Å². The monoisotopic (exact) mass is 269 g/mol. The maximum Gasteiger partial charge on any atom is 0.234 e. The highest BCUT2D eigenvalue weighted by atomic mass is 16.5. The zero-order valence-corrected chi connectivity index (χ0v) is 11.4. The van der Waals surface area contributed by atoms with Crippen molar-refractivity contribution in [1.82, 2.24) is 10.2 Å². The fourth-order valence-electron chi connectivity index (χ4n) is 3.03. The molecule has 3 N–H and O–H groups in total. The summed E-state index contributed by atoms with van der Waals surface area (Å²) in [6.45, 7) is 0.812. The van der Waals surface area contributed by atoms with Gasteiger partial charge in [0, 0.05) is 19.7 Å². The van der Waals surface area contributed by atoms with Crippen LogP contribution in [0.25, 0.3) is 0 Å². The quantitative estimate of drug-likeness (QED) is 0.712. The second-order valence-corrected chi connectivity index (χ2v) is 5.49. The Morgan fingerprint density at radius 1 is 1.37 bits per heavy atom. The lowest BCUT2D eigenvalue weighted by Crippen LogP contribution is -2.46. The van der Waals surface area contributed by atoms with Gasteiger partial charge >= 0.3 is 0 Å². The summed E-state index contributed by atoms with van der Waals surface area (Å²) in [6, 6.07) is -0.0837. The summed E-state index contributed by atoms with van der Waals surface area (Å²) in [6.07, 6.45) is 5.05. The number of ether oxygens (including phenoxy) is 1. The molecule has 19 heavy (non-hydrogen) atoms. The van der Waals surface area contributed by atoms with Crippen LogP contribution in [-0.2, 0) is 14.3 Å². The number of rotatable bonds is 5. The highest BCUT2D eigenvalue weighted by Crippen LogP contribution is 2.20. The summed E-state index contributed by atoms with van der Waals surface area (Å²) in [7, 11) is 1.62. The molecule has 2 atom stereocenters. The summed E-state index contributed by atoms with van der Waals surface area (Å²) >= 11 is 0. The van der Waals surface area contributed by atoms with E-state index in [0.717, 1.165) is 12.8 Å². The van der Waals surface area contributed by atoms with E-state index in [9.17, 15) is 9.59 Å². The van der Waals surface area contributed by atoms with Crippen molar-refractivity contribution in [2.75, 3.05) is 20.2 Å². The third-order valence-electron chi connectivity index (χ3n) is 4.09. The zero-order valence-electron chi connectivity index (χ0n) is 11.4. The Labute approximate surface area is 113 Å². The predicted molar refractivity (Wildman–Crippen MR) is 70.4 cm³/mol. The van der Waals surface area contributed by atoms with E-state index in [4.69, 9.17) is 10.5 Å². The molecule has 0 aromatic carbocycles. The summed E-state index contributed by atoms with van der Waals surface area (Å²) in [5.74, 6) is -0.400. The van der Waals surface area contributed by atoms with Gasteiger partial charge in [0.1, 0.15) is 0 Å². The number of carbonyl (C=O) groups is 2. The molecule has 0 unspecified atom stereocenters. The first-order chi connectivity index (χ1) is 9.10. The molecule has 0 bridgehead atoms. The van der Waals surface area contributed by atoms with Gasteiger partial charge in [0.25, 0.3) is 0 Å². The van der Waals surface area contributed by atoms with E-state index in [2.05, 4.69) is 5.32 Å². The fraction of sp³-hybridized carbons (Fsp3) is 0.846. The normalized spacial score (nSPS) is 28.7. The van der Waals surface area contributed by atoms with Crippen LogP contribution in [0.3, 0.4) is 0 Å². The Balaban J connectivity index is 1.85. The second-order valence-electron chi connectivity index (χ2n) is 5.49. The largest absolute Gasteiger partial charge is 0.380 e. The Morgan fingerprint density at radius 3 is 2.63 bits per heavy atom. The van der Waals surface area contributed by atoms with Crippen LogP contribution in [-0.4, -0.2) is 55.1 Å². The smallest absolute Gasteiger partial charge is 0.234 e. The third kappa shape index (κ3) is 3.67. The lowest BCUT2D eigenvalue weighted by Gasteiger charge is -2.22. The minimum atomic E-state index is -0.390. The first-order valence-corrected chi connectivity index (χ1v) is 6.95. The molecule has 0 spiro atoms. The number of nitrogens with zero attached hydrogens (tertiary/aromatic N) is 1. The van der Waals surface area contributed by atoms with E-state index >= 15 is 0 Å². The molecule has 6 heteroatoms. The van der Waals surface area contributed by atoms with E-state index in [0.29, 0.717) is 19.0 Å². The first kappa shape index (κ1) is 14.3. The van der Waals surface area contributed by atoms with Gasteiger partial charge in [-0.1, -0.05) is 12.8 Å². The highest BCUT2D eigenvalue weighted by Gasteiger charge is 2.36. The first-order valence-electron chi connectivity index (χ1n) is 6.95. The molecular weight excluding hydrogens is 246 g/mol. The molecular formula is C13H23N3O3. The third-order valence-corrected chi connectivity index (χ3v) is 4.09. The molecule has 1 heterocycles. The lowest BCUT2D eigenvalue weighted by atomic mass is 10.2. The second kappa shape index (κ2) is 6.34. The Bertz CT molecular complexity index is 342. The number of likely N-dealkylation sites (tertiary alicyclic amines) is 1. The van der Waals surface area contributed by atoms with Gasteiger partial charge in [0.15, 0.2) is 0 Å². The average Bonchev–Trinajstić information content (AvgIpc) is 2.98. The van der Waals surface area contributed by atoms with Gasteiger partial charge in [0.2, 0.25) is 11.8 Å². The number of primary amides is 1. The number of hydrogen-bond donors (Lipinski definition) is 2. The van der Waals surface area contributed by atoms with Crippen LogP contribution in [0.5, 0.6) is 0 Å². The van der Waals surface area contributed by atoms with E-state index in [1.165, 1.54) is 12.8 Å². The number of methoxy groups -OCH3 is 1. The molecule has 0 aromatic heterocycles. The van der Waals surface area contributed by atoms with E-state index in [-0.39, 0.29) is 30.5 Å². The molecule has 2 fully saturated rings. The number of nitrogens with two attached hydrogens (primary N) is 1. The van der Waals surface area contributed by atoms with Crippen LogP contribution < -0.4 is 11.1 Å². The molecule has 2 amide bonds. The SMILES string of the molecule is CO[C@H]1C[C@@H](C(N)=O)N(CC(=O)NC2CCCC2)C1. The molecule has 1 aliphatic carbocycles. The minimum Gasteiger partial charge on any atom is -0.380 e. The van der Waals surface area contributed by atoms with Gasteiger partial charge in [-0.25, -0.2) is 0 Å². The average molecular weight is 269 g/mol. The van der Waals surface area contributed by atoms with Gasteiger partial charge in [-0.05, 0) is 19.3 Å². The fourth-order valence-corrected chi connectivity index (χ4v) is 3.03. The lowest BCUT2D eigenvalue weighted by molar-refractivity contribution is -0.126. The Kier molecular flexibility index (Phi) is 4.76. The molecule has 1 aliphatic heterocycles. The number of amides is 2. The molecule has 108 valence electrons. The Morgan fingerprint density at radius 2 is 2.05 bits per heavy atom. The number of hydrogen-bond acceptors (Lipinski definition) is 4. The van der Waals surface area contributed by atoms with Crippen molar-refractivity contribution < 1.29 is 14.3 Å². The van der Waals surface area contributed by atoms with E-state index in [1.807, 2.05) is 4.90 Å². The summed E-state index contributed by atoms with van der Waals surface area (Å²) in [4.78, 5) is 25.2. The van der Waals surface area contributed by atoms with Gasteiger partial charge < -0.3 is 15.8 Å². The molecule has 1 saturated carbocycles. The molecule has 0 aromatic rings. The predicted octanol–water partition coefficient (Wildman–Crippen LogP) is -0.380. The summed E-state index contributed by atoms with van der Waals surface area (Å²) in [5.41, 5.74) is 5.38. The van der Waals surface area contributed by atoms with Gasteiger partial charge in [0.05, 0.1) is 18.7 Å². The molecule has 6 nitrogen and oxygen atoms in total. The van der Waals surface area contributed by atoms with Crippen molar-refractivity contribution in [3.05, 3.63) is 0 Å². The summed E-state index contributed by atoms with van der Waals surface area (Å²) in [5, 5.41) is 3.02. The van der Waals surface area contributed by atoms with Gasteiger partial charge in [-0.2, -0.15) is 0 Å². The molecule has 2 aliphatic rings. The topological polar surface area (TPSA) is 84.7 Å². The van der Waals surface area contributed by atoms with Crippen molar-refractivity contribution in [1.29, 1.82) is 0 Å². The molecule has 0 radical (unpaired) electrons. The van der Waals surface area contributed by atoms with Crippen molar-refractivity contribution in [2.45, 2.75) is 50.3 Å². The molecule has 2 rings (SSSR count). The van der Waals surface area contributed by atoms with Crippen LogP contribution >= 0.6 is 0 Å². The standard InChI is InChI=1S/C13H23N3O3/c1-19-10-6-11(13(14)18)16(7-10)8-12(17)15-9-4-2-3-5-9/h9-11H,2-8H2,1H3,(H2,14,18)(H,15,17)/t10-,11-/m0/s1. The van der Waals surface area contributed by atoms with Crippen LogP contribution in [0.15, 0.2) is 0 Å². The minimum absolute atomic E-state index is 0.0169. The molecule has 1 saturated heterocycles. The maximum atomic E-state index is 12.0. The van der Waals surface area contributed by atoms with Crippen LogP contribution in [0.1, 0.15) is 32.1 Å². The highest BCUT2D eigenvalue weighted by molar-refractivity contribution is 5.83. The van der Waals surface area contributed by atoms with Crippen molar-refractivity contribution >= 4 is 11.8 Å². The number of carbonyl (C=O) groups excluding carboxylic acids is 2. The summed E-state index contributed by atoms with van der Waals surface area (Å²) < 4.78 is 5.26. The van der Waals surface area contributed by atoms with Crippen LogP contribution in [0.2, 0.25) is 0 Å². The maximum absolute atomic E-state index is 12.0. The van der Waals surface area contributed by atoms with Crippen LogP contribution in [0.4, 0.5) is 0 Å². The van der Waals surface area contributed by atoms with Crippen molar-refractivity contribution in [3.63, 3.8) is 0 Å². The van der Waals surface area contributed by atoms with Crippen molar-refractivity contribution in [2.24, 2.45) is 5.73 Å². The zero-order chi connectivity index (χ0) is 13.8. The van der Waals surface area contributed by atoms with Crippen LogP contribution in [0, 0.1) is 0 Å². The van der Waals surface area contributed by atoms with Gasteiger partial charge in [-0.3, -0.25) is 14.5 Å². The van der Waals surface area contributed by atoms with E-state index in [1.54, 1.807) is 7.11 Å². The van der Waals surface area contributed by atoms with E-state index < -0.39 is 0 Å². The Hall–Kier alpha value is -1.14.